The number of fused-ring (bicyclic) bond motifs is 2. The van der Waals surface area contributed by atoms with Gasteiger partial charge in [-0.3, -0.25) is 19.1 Å². The highest BCUT2D eigenvalue weighted by Gasteiger charge is 2.39. The molecule has 33 heavy (non-hydrogen) atoms. The molecule has 1 aliphatic heterocycles. The summed E-state index contributed by atoms with van der Waals surface area (Å²) < 4.78 is 95.7. The van der Waals surface area contributed by atoms with E-state index in [9.17, 15) is 35.2 Å². The van der Waals surface area contributed by atoms with E-state index in [1.165, 1.54) is 25.3 Å². The number of carbonyl (C=O) groups excluding carboxylic acids is 1. The molecule has 0 saturated heterocycles. The summed E-state index contributed by atoms with van der Waals surface area (Å²) in [5.74, 6) is -1.57. The van der Waals surface area contributed by atoms with Crippen molar-refractivity contribution < 1.29 is 39.9 Å². The van der Waals surface area contributed by atoms with Gasteiger partial charge in [0.2, 0.25) is 0 Å². The molecular weight excluding hydrogens is 475 g/mol. The Balaban J connectivity index is 1.82. The van der Waals surface area contributed by atoms with E-state index in [2.05, 4.69) is 9.97 Å². The average Bonchev–Trinajstić information content (AvgIpc) is 3.29. The first-order chi connectivity index (χ1) is 15.4. The molecule has 4 heterocycles. The summed E-state index contributed by atoms with van der Waals surface area (Å²) in [7, 11) is -3.98. The van der Waals surface area contributed by atoms with Crippen LogP contribution in [0.25, 0.3) is 5.65 Å². The van der Waals surface area contributed by atoms with Gasteiger partial charge in [0.05, 0.1) is 29.1 Å². The summed E-state index contributed by atoms with van der Waals surface area (Å²) in [6.45, 7) is 0.185. The summed E-state index contributed by atoms with van der Waals surface area (Å²) in [5, 5.41) is -0.363. The molecule has 3 aromatic heterocycles. The molecule has 4 rings (SSSR count). The minimum atomic E-state index is -4.72. The maximum atomic E-state index is 13.0. The van der Waals surface area contributed by atoms with Gasteiger partial charge in [-0.25, -0.2) is 22.2 Å². The first-order valence-electron chi connectivity index (χ1n) is 9.46. The molecule has 0 radical (unpaired) electrons. The van der Waals surface area contributed by atoms with E-state index >= 15 is 0 Å². The Morgan fingerprint density at radius 2 is 1.97 bits per heavy atom. The van der Waals surface area contributed by atoms with Crippen LogP contribution in [-0.4, -0.2) is 47.5 Å². The molecule has 8 nitrogen and oxygen atoms in total. The number of alkyl halides is 5. The molecule has 0 saturated carbocycles. The SMILES string of the molecule is CCS(=O)(=O)c1c(N2Cc3ncc(C(F)(F)F)cc3C2=O)nc2cc(OCC(F)F)ccn12. The summed E-state index contributed by atoms with van der Waals surface area (Å²) in [6, 6.07) is 3.13. The number of aromatic nitrogens is 3. The predicted molar refractivity (Wildman–Crippen MR) is 104 cm³/mol. The van der Waals surface area contributed by atoms with Gasteiger partial charge in [0.1, 0.15) is 18.0 Å². The van der Waals surface area contributed by atoms with Gasteiger partial charge in [0.15, 0.2) is 20.7 Å². The van der Waals surface area contributed by atoms with Crippen molar-refractivity contribution in [3.8, 4) is 5.75 Å². The van der Waals surface area contributed by atoms with Gasteiger partial charge in [-0.1, -0.05) is 6.92 Å². The van der Waals surface area contributed by atoms with Gasteiger partial charge in [0.25, 0.3) is 12.3 Å². The molecule has 0 fully saturated rings. The molecule has 14 heteroatoms. The van der Waals surface area contributed by atoms with Crippen LogP contribution in [0.4, 0.5) is 27.8 Å². The summed E-state index contributed by atoms with van der Waals surface area (Å²) in [6.07, 6.45) is -5.62. The number of nitrogens with zero attached hydrogens (tertiary/aromatic N) is 4. The molecule has 0 aromatic carbocycles. The molecule has 3 aromatic rings. The number of carbonyl (C=O) groups is 1. The van der Waals surface area contributed by atoms with E-state index in [1.54, 1.807) is 0 Å². The van der Waals surface area contributed by atoms with Gasteiger partial charge in [0, 0.05) is 18.5 Å². The maximum Gasteiger partial charge on any atom is 0.417 e. The van der Waals surface area contributed by atoms with Gasteiger partial charge < -0.3 is 4.74 Å². The van der Waals surface area contributed by atoms with E-state index in [0.717, 1.165) is 9.30 Å². The Morgan fingerprint density at radius 1 is 1.24 bits per heavy atom. The number of amides is 1. The molecule has 0 aliphatic carbocycles. The third kappa shape index (κ3) is 4.10. The zero-order chi connectivity index (χ0) is 24.1. The van der Waals surface area contributed by atoms with Crippen molar-refractivity contribution >= 4 is 27.2 Å². The van der Waals surface area contributed by atoms with Crippen LogP contribution in [0.3, 0.4) is 0 Å². The van der Waals surface area contributed by atoms with Gasteiger partial charge in [-0.05, 0) is 12.1 Å². The van der Waals surface area contributed by atoms with Gasteiger partial charge >= 0.3 is 6.18 Å². The number of hydrogen-bond donors (Lipinski definition) is 0. The second kappa shape index (κ2) is 7.93. The van der Waals surface area contributed by atoms with Crippen molar-refractivity contribution in [2.24, 2.45) is 0 Å². The summed E-state index contributed by atoms with van der Waals surface area (Å²) in [5.41, 5.74) is -1.42. The molecule has 1 amide bonds. The van der Waals surface area contributed by atoms with E-state index in [1.807, 2.05) is 0 Å². The standard InChI is InChI=1S/C19H15F5N4O4S/c1-2-33(30,31)18-16(26-15-6-11(3-4-27(15)18)32-9-14(20)21)28-8-13-12(17(28)29)5-10(7-25-13)19(22,23)24/h3-7,14H,2,8-9H2,1H3. The van der Waals surface area contributed by atoms with Crippen LogP contribution in [0.2, 0.25) is 0 Å². The van der Waals surface area contributed by atoms with Crippen molar-refractivity contribution in [1.29, 1.82) is 0 Å². The van der Waals surface area contributed by atoms with E-state index in [-0.39, 0.29) is 45.8 Å². The van der Waals surface area contributed by atoms with Crippen molar-refractivity contribution in [2.45, 2.75) is 31.1 Å². The van der Waals surface area contributed by atoms with E-state index in [4.69, 9.17) is 4.74 Å². The van der Waals surface area contributed by atoms with Crippen LogP contribution in [-0.2, 0) is 22.6 Å². The number of hydrogen-bond acceptors (Lipinski definition) is 6. The first-order valence-corrected chi connectivity index (χ1v) is 11.1. The van der Waals surface area contributed by atoms with Crippen molar-refractivity contribution in [3.05, 3.63) is 47.4 Å². The predicted octanol–water partition coefficient (Wildman–Crippen LogP) is 3.35. The smallest absolute Gasteiger partial charge is 0.417 e. The second-order valence-electron chi connectivity index (χ2n) is 7.04. The average molecular weight is 490 g/mol. The maximum absolute atomic E-state index is 13.0. The monoisotopic (exact) mass is 490 g/mol. The number of imidazole rings is 1. The molecular formula is C19H15F5N4O4S. The minimum absolute atomic E-state index is 0.00711. The largest absolute Gasteiger partial charge is 0.487 e. The van der Waals surface area contributed by atoms with Crippen molar-refractivity contribution in [2.75, 3.05) is 17.3 Å². The van der Waals surface area contributed by atoms with Crippen LogP contribution in [0, 0.1) is 0 Å². The molecule has 0 unspecified atom stereocenters. The normalized spacial score (nSPS) is 14.4. The van der Waals surface area contributed by atoms with Crippen LogP contribution < -0.4 is 9.64 Å². The lowest BCUT2D eigenvalue weighted by molar-refractivity contribution is -0.137. The van der Waals surface area contributed by atoms with Gasteiger partial charge in [-0.2, -0.15) is 13.2 Å². The number of sulfone groups is 1. The lowest BCUT2D eigenvalue weighted by Gasteiger charge is -2.14. The summed E-state index contributed by atoms with van der Waals surface area (Å²) in [4.78, 5) is 21.7. The number of ether oxygens (including phenoxy) is 1. The van der Waals surface area contributed by atoms with Crippen LogP contribution in [0.1, 0.15) is 28.5 Å². The fraction of sp³-hybridized carbons (Fsp3) is 0.316. The minimum Gasteiger partial charge on any atom is -0.487 e. The number of anilines is 1. The number of pyridine rings is 2. The number of halogens is 5. The zero-order valence-corrected chi connectivity index (χ0v) is 17.6. The van der Waals surface area contributed by atoms with Crippen LogP contribution in [0.15, 0.2) is 35.6 Å². The summed E-state index contributed by atoms with van der Waals surface area (Å²) >= 11 is 0. The lowest BCUT2D eigenvalue weighted by atomic mass is 10.1. The molecule has 0 spiro atoms. The molecule has 176 valence electrons. The fourth-order valence-electron chi connectivity index (χ4n) is 3.34. The second-order valence-corrected chi connectivity index (χ2v) is 9.24. The Hall–Kier alpha value is -3.29. The molecule has 0 N–H and O–H groups in total. The van der Waals surface area contributed by atoms with Crippen LogP contribution in [0.5, 0.6) is 5.75 Å². The van der Waals surface area contributed by atoms with E-state index < -0.39 is 40.5 Å². The van der Waals surface area contributed by atoms with Crippen molar-refractivity contribution in [1.82, 2.24) is 14.4 Å². The van der Waals surface area contributed by atoms with Gasteiger partial charge in [-0.15, -0.1) is 0 Å². The quantitative estimate of drug-likeness (QED) is 0.492. The highest BCUT2D eigenvalue weighted by Crippen LogP contribution is 2.36. The highest BCUT2D eigenvalue weighted by molar-refractivity contribution is 7.91. The van der Waals surface area contributed by atoms with Crippen LogP contribution >= 0.6 is 0 Å². The number of rotatable bonds is 6. The Morgan fingerprint density at radius 3 is 2.61 bits per heavy atom. The van der Waals surface area contributed by atoms with E-state index in [0.29, 0.717) is 12.3 Å². The molecule has 1 aliphatic rings. The Bertz CT molecular complexity index is 1350. The Labute approximate surface area is 183 Å². The molecule has 0 atom stereocenters. The van der Waals surface area contributed by atoms with Crippen molar-refractivity contribution in [3.63, 3.8) is 0 Å². The zero-order valence-electron chi connectivity index (χ0n) is 16.8. The lowest BCUT2D eigenvalue weighted by Crippen LogP contribution is -2.26. The topological polar surface area (TPSA) is 93.9 Å². The molecule has 0 bridgehead atoms. The highest BCUT2D eigenvalue weighted by atomic mass is 32.2. The first kappa shape index (κ1) is 22.9. The Kier molecular flexibility index (Phi) is 5.50. The fourth-order valence-corrected chi connectivity index (χ4v) is 4.50. The third-order valence-corrected chi connectivity index (χ3v) is 6.65. The third-order valence-electron chi connectivity index (χ3n) is 4.92.